The van der Waals surface area contributed by atoms with Crippen LogP contribution < -0.4 is 5.32 Å². The zero-order valence-corrected chi connectivity index (χ0v) is 11.9. The highest BCUT2D eigenvalue weighted by molar-refractivity contribution is 6.30. The minimum absolute atomic E-state index is 0.327. The van der Waals surface area contributed by atoms with E-state index in [1.165, 1.54) is 24.9 Å². The first kappa shape index (κ1) is 13.4. The van der Waals surface area contributed by atoms with Crippen LogP contribution in [0.3, 0.4) is 0 Å². The van der Waals surface area contributed by atoms with Gasteiger partial charge in [-0.2, -0.15) is 0 Å². The molecule has 0 radical (unpaired) electrons. The Morgan fingerprint density at radius 3 is 3.26 bits per heavy atom. The zero-order chi connectivity index (χ0) is 13.1. The van der Waals surface area contributed by atoms with Gasteiger partial charge >= 0.3 is 0 Å². The number of halogens is 1. The molecule has 104 valence electrons. The summed E-state index contributed by atoms with van der Waals surface area (Å²) < 4.78 is 5.92. The van der Waals surface area contributed by atoms with Crippen LogP contribution in [-0.2, 0) is 11.3 Å². The summed E-state index contributed by atoms with van der Waals surface area (Å²) in [6.45, 7) is 5.00. The maximum absolute atomic E-state index is 5.97. The summed E-state index contributed by atoms with van der Waals surface area (Å²) in [7, 11) is 0. The molecule has 2 aliphatic rings. The molecule has 2 fully saturated rings. The number of nitrogens with zero attached hydrogens (tertiary/aromatic N) is 1. The van der Waals surface area contributed by atoms with Gasteiger partial charge < -0.3 is 10.1 Å². The van der Waals surface area contributed by atoms with Crippen LogP contribution in [0.1, 0.15) is 18.4 Å². The summed E-state index contributed by atoms with van der Waals surface area (Å²) in [5.41, 5.74) is 1.22. The molecule has 2 unspecified atom stereocenters. The molecule has 0 bridgehead atoms. The molecule has 1 N–H and O–H groups in total. The van der Waals surface area contributed by atoms with Gasteiger partial charge in [-0.05, 0) is 37.1 Å². The highest BCUT2D eigenvalue weighted by Gasteiger charge is 2.31. The third-order valence-electron chi connectivity index (χ3n) is 4.05. The van der Waals surface area contributed by atoms with Crippen molar-refractivity contribution >= 4 is 11.6 Å². The molecule has 19 heavy (non-hydrogen) atoms. The topological polar surface area (TPSA) is 24.5 Å². The summed E-state index contributed by atoms with van der Waals surface area (Å²) in [6.07, 6.45) is 2.97. The van der Waals surface area contributed by atoms with Crippen LogP contribution >= 0.6 is 11.6 Å². The minimum atomic E-state index is 0.327. The van der Waals surface area contributed by atoms with Gasteiger partial charge in [-0.25, -0.2) is 0 Å². The summed E-state index contributed by atoms with van der Waals surface area (Å²) >= 11 is 5.97. The van der Waals surface area contributed by atoms with Gasteiger partial charge in [0, 0.05) is 30.7 Å². The Morgan fingerprint density at radius 2 is 2.37 bits per heavy atom. The van der Waals surface area contributed by atoms with E-state index < -0.39 is 0 Å². The Bertz CT molecular complexity index is 426. The van der Waals surface area contributed by atoms with Crippen molar-refractivity contribution in [3.05, 3.63) is 34.9 Å². The quantitative estimate of drug-likeness (QED) is 0.916. The maximum Gasteiger partial charge on any atom is 0.0827 e. The fourth-order valence-corrected chi connectivity index (χ4v) is 3.25. The minimum Gasteiger partial charge on any atom is -0.374 e. The third-order valence-corrected chi connectivity index (χ3v) is 4.29. The highest BCUT2D eigenvalue weighted by Crippen LogP contribution is 2.22. The van der Waals surface area contributed by atoms with E-state index in [0.29, 0.717) is 12.1 Å². The van der Waals surface area contributed by atoms with Crippen LogP contribution in [0.25, 0.3) is 0 Å². The van der Waals surface area contributed by atoms with Gasteiger partial charge in [0.25, 0.3) is 0 Å². The number of hydrogen-bond acceptors (Lipinski definition) is 3. The molecule has 0 spiro atoms. The molecular formula is C15H21ClN2O. The Hall–Kier alpha value is -0.610. The van der Waals surface area contributed by atoms with E-state index in [-0.39, 0.29) is 0 Å². The Labute approximate surface area is 119 Å². The molecule has 2 saturated heterocycles. The zero-order valence-electron chi connectivity index (χ0n) is 11.1. The second kappa shape index (κ2) is 6.23. The van der Waals surface area contributed by atoms with Gasteiger partial charge in [0.2, 0.25) is 0 Å². The van der Waals surface area contributed by atoms with Crippen LogP contribution in [0.2, 0.25) is 5.02 Å². The predicted octanol–water partition coefficient (Wildman–Crippen LogP) is 2.29. The maximum atomic E-state index is 5.97. The highest BCUT2D eigenvalue weighted by atomic mass is 35.5. The molecular weight excluding hydrogens is 260 g/mol. The van der Waals surface area contributed by atoms with E-state index in [0.717, 1.165) is 31.3 Å². The first-order chi connectivity index (χ1) is 9.31. The Balaban J connectivity index is 1.43. The lowest BCUT2D eigenvalue weighted by molar-refractivity contribution is -0.0470. The van der Waals surface area contributed by atoms with Crippen molar-refractivity contribution in [2.45, 2.75) is 31.5 Å². The summed E-state index contributed by atoms with van der Waals surface area (Å²) in [5.74, 6) is 0. The smallest absolute Gasteiger partial charge is 0.0827 e. The second-order valence-electron chi connectivity index (χ2n) is 5.51. The molecule has 1 aromatic carbocycles. The van der Waals surface area contributed by atoms with Crippen LogP contribution in [0.15, 0.2) is 24.3 Å². The number of ether oxygens (including phenoxy) is 1. The van der Waals surface area contributed by atoms with Gasteiger partial charge in [0.1, 0.15) is 0 Å². The van der Waals surface area contributed by atoms with Gasteiger partial charge in [0.05, 0.1) is 12.7 Å². The monoisotopic (exact) mass is 280 g/mol. The lowest BCUT2D eigenvalue weighted by atomic mass is 10.2. The largest absolute Gasteiger partial charge is 0.374 e. The Morgan fingerprint density at radius 1 is 1.42 bits per heavy atom. The molecule has 1 aromatic rings. The lowest BCUT2D eigenvalue weighted by Crippen LogP contribution is -2.49. The summed E-state index contributed by atoms with van der Waals surface area (Å²) in [5, 5.41) is 4.27. The molecule has 3 rings (SSSR count). The lowest BCUT2D eigenvalue weighted by Gasteiger charge is -2.35. The van der Waals surface area contributed by atoms with Crippen molar-refractivity contribution in [3.8, 4) is 0 Å². The predicted molar refractivity (Wildman–Crippen MR) is 77.5 cm³/mol. The van der Waals surface area contributed by atoms with Gasteiger partial charge in [-0.1, -0.05) is 23.7 Å². The van der Waals surface area contributed by atoms with E-state index >= 15 is 0 Å². The molecule has 2 aliphatic heterocycles. The fraction of sp³-hybridized carbons (Fsp3) is 0.600. The number of nitrogens with one attached hydrogen (secondary N) is 1. The van der Waals surface area contributed by atoms with Crippen molar-refractivity contribution in [1.82, 2.24) is 10.2 Å². The summed E-state index contributed by atoms with van der Waals surface area (Å²) in [6, 6.07) is 8.68. The number of hydrogen-bond donors (Lipinski definition) is 1. The van der Waals surface area contributed by atoms with E-state index in [4.69, 9.17) is 16.3 Å². The first-order valence-corrected chi connectivity index (χ1v) is 7.50. The molecule has 2 atom stereocenters. The van der Waals surface area contributed by atoms with Gasteiger partial charge in [-0.15, -0.1) is 0 Å². The Kier molecular flexibility index (Phi) is 4.38. The number of rotatable bonds is 4. The van der Waals surface area contributed by atoms with E-state index in [9.17, 15) is 0 Å². The van der Waals surface area contributed by atoms with E-state index in [2.05, 4.69) is 16.3 Å². The van der Waals surface area contributed by atoms with Crippen molar-refractivity contribution in [2.75, 3.05) is 26.2 Å². The molecule has 0 amide bonds. The number of morpholine rings is 1. The molecule has 0 aliphatic carbocycles. The number of fused-ring (bicyclic) bond motifs is 1. The molecule has 2 heterocycles. The fourth-order valence-electron chi connectivity index (χ4n) is 3.03. The molecule has 3 nitrogen and oxygen atoms in total. The third kappa shape index (κ3) is 3.48. The van der Waals surface area contributed by atoms with Crippen LogP contribution in [0, 0.1) is 0 Å². The SMILES string of the molecule is Clc1cccc(CNCC2CN3CCCC3CO2)c1. The van der Waals surface area contributed by atoms with Crippen LogP contribution in [-0.4, -0.2) is 43.3 Å². The van der Waals surface area contributed by atoms with Crippen molar-refractivity contribution in [1.29, 1.82) is 0 Å². The standard InChI is InChI=1S/C15H21ClN2O/c16-13-4-1-3-12(7-13)8-17-9-15-10-18-6-2-5-14(18)11-19-15/h1,3-4,7,14-15,17H,2,5-6,8-11H2. The number of benzene rings is 1. The average molecular weight is 281 g/mol. The van der Waals surface area contributed by atoms with E-state index in [1.807, 2.05) is 18.2 Å². The van der Waals surface area contributed by atoms with Crippen molar-refractivity contribution in [3.63, 3.8) is 0 Å². The van der Waals surface area contributed by atoms with Crippen LogP contribution in [0.5, 0.6) is 0 Å². The molecule has 4 heteroatoms. The van der Waals surface area contributed by atoms with Gasteiger partial charge in [-0.3, -0.25) is 4.90 Å². The van der Waals surface area contributed by atoms with Gasteiger partial charge in [0.15, 0.2) is 0 Å². The van der Waals surface area contributed by atoms with E-state index in [1.54, 1.807) is 0 Å². The normalized spacial score (nSPS) is 27.4. The first-order valence-electron chi connectivity index (χ1n) is 7.12. The van der Waals surface area contributed by atoms with Crippen molar-refractivity contribution < 1.29 is 4.74 Å². The molecule has 0 aromatic heterocycles. The summed E-state index contributed by atoms with van der Waals surface area (Å²) in [4.78, 5) is 2.58. The second-order valence-corrected chi connectivity index (χ2v) is 5.94. The van der Waals surface area contributed by atoms with Crippen LogP contribution in [0.4, 0.5) is 0 Å². The van der Waals surface area contributed by atoms with Crippen molar-refractivity contribution in [2.24, 2.45) is 0 Å². The molecule has 0 saturated carbocycles. The average Bonchev–Trinajstić information content (AvgIpc) is 2.86.